The molecule has 0 bridgehead atoms. The van der Waals surface area contributed by atoms with Crippen LogP contribution in [0.15, 0.2) is 85.2 Å². The Kier molecular flexibility index (Phi) is 5.30. The third-order valence-corrected chi connectivity index (χ3v) is 4.89. The fourth-order valence-corrected chi connectivity index (χ4v) is 3.37. The Bertz CT molecular complexity index is 1250. The summed E-state index contributed by atoms with van der Waals surface area (Å²) in [5.74, 6) is 1.24. The Labute approximate surface area is 188 Å². The second kappa shape index (κ2) is 8.71. The van der Waals surface area contributed by atoms with E-state index in [1.54, 1.807) is 23.2 Å². The first-order chi connectivity index (χ1) is 16.2. The molecule has 2 heterocycles. The number of hydrogen-bond acceptors (Lipinski definition) is 9. The molecule has 33 heavy (non-hydrogen) atoms. The van der Waals surface area contributed by atoms with Gasteiger partial charge in [0.15, 0.2) is 11.5 Å². The summed E-state index contributed by atoms with van der Waals surface area (Å²) >= 11 is 0. The van der Waals surface area contributed by atoms with Gasteiger partial charge in [-0.15, -0.1) is 0 Å². The molecule has 0 saturated heterocycles. The molecule has 10 nitrogen and oxygen atoms in total. The first-order valence-corrected chi connectivity index (χ1v) is 10.0. The number of hydrogen-bond donors (Lipinski definition) is 2. The third-order valence-electron chi connectivity index (χ3n) is 4.89. The molecule has 0 amide bonds. The van der Waals surface area contributed by atoms with E-state index < -0.39 is 4.92 Å². The molecule has 3 aromatic carbocycles. The van der Waals surface area contributed by atoms with Crippen LogP contribution in [0.5, 0.6) is 11.5 Å². The van der Waals surface area contributed by atoms with Crippen LogP contribution >= 0.6 is 0 Å². The van der Waals surface area contributed by atoms with Gasteiger partial charge in [-0.2, -0.15) is 0 Å². The average Bonchev–Trinajstić information content (AvgIpc) is 3.31. The van der Waals surface area contributed by atoms with Crippen LogP contribution in [0.2, 0.25) is 0 Å². The van der Waals surface area contributed by atoms with Crippen molar-refractivity contribution >= 4 is 34.4 Å². The van der Waals surface area contributed by atoms with Gasteiger partial charge < -0.3 is 14.8 Å². The molecular formula is C23H18N6O4. The molecule has 0 fully saturated rings. The number of nitrogens with zero attached hydrogens (tertiary/aromatic N) is 4. The summed E-state index contributed by atoms with van der Waals surface area (Å²) in [6.45, 7) is 0.134. The molecule has 1 aliphatic rings. The zero-order chi connectivity index (χ0) is 22.6. The summed E-state index contributed by atoms with van der Waals surface area (Å²) in [6.07, 6.45) is 1.26. The monoisotopic (exact) mass is 442 g/mol. The first kappa shape index (κ1) is 20.1. The van der Waals surface area contributed by atoms with Crippen LogP contribution in [0.25, 0.3) is 0 Å². The van der Waals surface area contributed by atoms with Gasteiger partial charge in [0.1, 0.15) is 6.33 Å². The largest absolute Gasteiger partial charge is 0.454 e. The van der Waals surface area contributed by atoms with Crippen molar-refractivity contribution < 1.29 is 14.4 Å². The first-order valence-electron chi connectivity index (χ1n) is 10.0. The standard InChI is InChI=1S/C23H18N6O4/c30-29(31)21-22(26-16-11-12-19-20(13-16)33-15-32-19)24-14-25-23(21)27-28(17-7-3-1-4-8-17)18-9-5-2-6-10-18/h1-14H,15H2,(H2,24,25,26,27). The molecule has 0 spiro atoms. The van der Waals surface area contributed by atoms with Crippen LogP contribution in [0.3, 0.4) is 0 Å². The van der Waals surface area contributed by atoms with E-state index >= 15 is 0 Å². The summed E-state index contributed by atoms with van der Waals surface area (Å²) in [5, 5.41) is 16.8. The normalized spacial score (nSPS) is 11.6. The molecular weight excluding hydrogens is 424 g/mol. The topological polar surface area (TPSA) is 115 Å². The zero-order valence-electron chi connectivity index (χ0n) is 17.2. The molecule has 0 aliphatic carbocycles. The van der Waals surface area contributed by atoms with E-state index in [-0.39, 0.29) is 24.1 Å². The maximum Gasteiger partial charge on any atom is 0.355 e. The molecule has 2 N–H and O–H groups in total. The van der Waals surface area contributed by atoms with Crippen LogP contribution in [0, 0.1) is 10.1 Å². The van der Waals surface area contributed by atoms with E-state index in [2.05, 4.69) is 20.7 Å². The van der Waals surface area contributed by atoms with E-state index in [0.29, 0.717) is 17.2 Å². The lowest BCUT2D eigenvalue weighted by Crippen LogP contribution is -2.26. The number of nitro groups is 1. The number of anilines is 5. The van der Waals surface area contributed by atoms with Crippen molar-refractivity contribution in [2.75, 3.05) is 22.5 Å². The van der Waals surface area contributed by atoms with Gasteiger partial charge in [0.25, 0.3) is 0 Å². The fraction of sp³-hybridized carbons (Fsp3) is 0.0435. The second-order valence-corrected chi connectivity index (χ2v) is 6.99. The Morgan fingerprint density at radius 2 is 1.48 bits per heavy atom. The molecule has 1 aromatic heterocycles. The van der Waals surface area contributed by atoms with E-state index in [4.69, 9.17) is 9.47 Å². The van der Waals surface area contributed by atoms with Crippen molar-refractivity contribution in [2.45, 2.75) is 0 Å². The number of ether oxygens (including phenoxy) is 2. The number of aromatic nitrogens is 2. The van der Waals surface area contributed by atoms with E-state index in [9.17, 15) is 10.1 Å². The molecule has 10 heteroatoms. The zero-order valence-corrected chi connectivity index (χ0v) is 17.2. The maximum atomic E-state index is 12.1. The Morgan fingerprint density at radius 3 is 2.15 bits per heavy atom. The summed E-state index contributed by atoms with van der Waals surface area (Å²) in [6, 6.07) is 24.0. The number of benzene rings is 3. The third kappa shape index (κ3) is 4.17. The van der Waals surface area contributed by atoms with Crippen LogP contribution in [0.4, 0.5) is 34.4 Å². The van der Waals surface area contributed by atoms with E-state index in [1.165, 1.54) is 6.33 Å². The molecule has 0 unspecified atom stereocenters. The maximum absolute atomic E-state index is 12.1. The van der Waals surface area contributed by atoms with Gasteiger partial charge in [-0.25, -0.2) is 9.97 Å². The Hall–Kier alpha value is -4.86. The predicted octanol–water partition coefficient (Wildman–Crippen LogP) is 5.02. The lowest BCUT2D eigenvalue weighted by atomic mass is 10.2. The summed E-state index contributed by atoms with van der Waals surface area (Å²) in [7, 11) is 0. The number of fused-ring (bicyclic) bond motifs is 1. The average molecular weight is 442 g/mol. The Balaban J connectivity index is 1.52. The van der Waals surface area contributed by atoms with Crippen molar-refractivity contribution in [1.29, 1.82) is 0 Å². The molecule has 0 atom stereocenters. The molecule has 0 saturated carbocycles. The Morgan fingerprint density at radius 1 is 0.848 bits per heavy atom. The van der Waals surface area contributed by atoms with Crippen molar-refractivity contribution in [2.24, 2.45) is 0 Å². The van der Waals surface area contributed by atoms with Crippen LogP contribution in [-0.2, 0) is 0 Å². The van der Waals surface area contributed by atoms with Crippen molar-refractivity contribution in [3.63, 3.8) is 0 Å². The summed E-state index contributed by atoms with van der Waals surface area (Å²) in [5.41, 5.74) is 4.91. The minimum absolute atomic E-state index is 0.0333. The molecule has 5 rings (SSSR count). The minimum atomic E-state index is -0.522. The number of para-hydroxylation sites is 2. The predicted molar refractivity (Wildman–Crippen MR) is 123 cm³/mol. The van der Waals surface area contributed by atoms with Crippen molar-refractivity contribution in [3.8, 4) is 11.5 Å². The van der Waals surface area contributed by atoms with Crippen LogP contribution in [0.1, 0.15) is 0 Å². The van der Waals surface area contributed by atoms with Crippen LogP contribution < -0.4 is 25.2 Å². The lowest BCUT2D eigenvalue weighted by Gasteiger charge is -2.26. The molecule has 164 valence electrons. The summed E-state index contributed by atoms with van der Waals surface area (Å²) in [4.78, 5) is 19.8. The SMILES string of the molecule is O=[N+]([O-])c1c(Nc2ccc3c(c2)OCO3)ncnc1NN(c1ccccc1)c1ccccc1. The number of nitrogens with one attached hydrogen (secondary N) is 2. The number of rotatable bonds is 7. The fourth-order valence-electron chi connectivity index (χ4n) is 3.37. The van der Waals surface area contributed by atoms with Gasteiger partial charge in [0.2, 0.25) is 18.4 Å². The highest BCUT2D eigenvalue weighted by molar-refractivity contribution is 5.77. The van der Waals surface area contributed by atoms with Gasteiger partial charge in [0, 0.05) is 11.8 Å². The second-order valence-electron chi connectivity index (χ2n) is 6.99. The van der Waals surface area contributed by atoms with Gasteiger partial charge in [-0.05, 0) is 36.4 Å². The van der Waals surface area contributed by atoms with Gasteiger partial charge >= 0.3 is 5.69 Å². The van der Waals surface area contributed by atoms with E-state index in [0.717, 1.165) is 11.4 Å². The highest BCUT2D eigenvalue weighted by Crippen LogP contribution is 2.38. The highest BCUT2D eigenvalue weighted by Gasteiger charge is 2.26. The van der Waals surface area contributed by atoms with Crippen LogP contribution in [-0.4, -0.2) is 21.7 Å². The van der Waals surface area contributed by atoms with Gasteiger partial charge in [-0.3, -0.25) is 20.5 Å². The minimum Gasteiger partial charge on any atom is -0.454 e. The highest BCUT2D eigenvalue weighted by atomic mass is 16.7. The van der Waals surface area contributed by atoms with Gasteiger partial charge in [-0.1, -0.05) is 36.4 Å². The van der Waals surface area contributed by atoms with Crippen molar-refractivity contribution in [1.82, 2.24) is 9.97 Å². The molecule has 0 radical (unpaired) electrons. The molecule has 4 aromatic rings. The quantitative estimate of drug-likeness (QED) is 0.301. The van der Waals surface area contributed by atoms with Crippen molar-refractivity contribution in [3.05, 3.63) is 95.3 Å². The van der Waals surface area contributed by atoms with E-state index in [1.807, 2.05) is 60.7 Å². The summed E-state index contributed by atoms with van der Waals surface area (Å²) < 4.78 is 10.7. The number of hydrazine groups is 1. The lowest BCUT2D eigenvalue weighted by molar-refractivity contribution is -0.383. The smallest absolute Gasteiger partial charge is 0.355 e. The van der Waals surface area contributed by atoms with Gasteiger partial charge in [0.05, 0.1) is 16.3 Å². The molecule has 1 aliphatic heterocycles.